The molecule has 0 bridgehead atoms. The van der Waals surface area contributed by atoms with Crippen LogP contribution >= 0.6 is 0 Å². The van der Waals surface area contributed by atoms with E-state index in [1.807, 2.05) is 110 Å². The Morgan fingerprint density at radius 3 is 0.576 bits per heavy atom. The number of fused-ring (bicyclic) bond motifs is 24. The third-order valence-electron chi connectivity index (χ3n) is 28.8. The van der Waals surface area contributed by atoms with Crippen molar-refractivity contribution in [3.05, 3.63) is 449 Å². The van der Waals surface area contributed by atoms with Crippen molar-refractivity contribution in [2.75, 3.05) is 0 Å². The molecule has 144 heavy (non-hydrogen) atoms. The van der Waals surface area contributed by atoms with E-state index in [0.29, 0.717) is 34.9 Å². The predicted octanol–water partition coefficient (Wildman–Crippen LogP) is 30.0. The molecular weight excluding hydrogens is 1770 g/mol. The highest BCUT2D eigenvalue weighted by Crippen LogP contribution is 2.46. The fourth-order valence-corrected chi connectivity index (χ4v) is 22.4. The molecule has 30 aromatic rings. The Morgan fingerprint density at radius 1 is 0.146 bits per heavy atom. The smallest absolute Gasteiger partial charge is 0.189 e. The van der Waals surface area contributed by atoms with Gasteiger partial charge in [0.2, 0.25) is 0 Å². The zero-order valence-electron chi connectivity index (χ0n) is 76.8. The number of rotatable bonds is 12. The van der Waals surface area contributed by atoms with Gasteiger partial charge in [-0.05, 0) is 218 Å². The summed E-state index contributed by atoms with van der Waals surface area (Å²) in [5.41, 5.74) is 28.0. The number of para-hydroxylation sites is 8. The maximum atomic E-state index is 10.5. The van der Waals surface area contributed by atoms with Crippen LogP contribution in [0.1, 0.15) is 0 Å². The van der Waals surface area contributed by atoms with Crippen molar-refractivity contribution in [2.45, 2.75) is 0 Å². The summed E-state index contributed by atoms with van der Waals surface area (Å²) in [4.78, 5) is 40.1. The van der Waals surface area contributed by atoms with Gasteiger partial charge in [-0.25, -0.2) is 39.0 Å². The van der Waals surface area contributed by atoms with E-state index < -0.39 is 0 Å². The molecule has 12 heterocycles. The lowest BCUT2D eigenvalue weighted by Gasteiger charge is -2.10. The first-order valence-corrected chi connectivity index (χ1v) is 47.9. The molecule has 12 aromatic heterocycles. The summed E-state index contributed by atoms with van der Waals surface area (Å²) in [6, 6.07) is 148. The number of hydrogen-bond donors (Lipinski definition) is 0. The molecule has 18 aromatic carbocycles. The molecule has 0 saturated heterocycles. The van der Waals surface area contributed by atoms with Gasteiger partial charge in [0.1, 0.15) is 0 Å². The van der Waals surface area contributed by atoms with Gasteiger partial charge in [-0.1, -0.05) is 206 Å². The molecule has 18 heteroatoms. The molecule has 0 saturated carbocycles. The second-order valence-corrected chi connectivity index (χ2v) is 36.5. The van der Waals surface area contributed by atoms with E-state index in [2.05, 4.69) is 389 Å². The first kappa shape index (κ1) is 80.9. The van der Waals surface area contributed by atoms with Crippen LogP contribution in [0.4, 0.5) is 0 Å². The predicted molar refractivity (Wildman–Crippen MR) is 582 cm³/mol. The number of pyridine rings is 2. The Labute approximate surface area is 820 Å². The first-order valence-electron chi connectivity index (χ1n) is 47.9. The quantitative estimate of drug-likeness (QED) is 0.114. The lowest BCUT2D eigenvalue weighted by molar-refractivity contribution is 1.07. The number of aromatic nitrogens is 16. The van der Waals surface area contributed by atoms with Crippen LogP contribution in [0.25, 0.3) is 277 Å². The van der Waals surface area contributed by atoms with Crippen LogP contribution in [0, 0.1) is 22.9 Å². The molecule has 0 aliphatic rings. The van der Waals surface area contributed by atoms with E-state index >= 15 is 0 Å². The lowest BCUT2D eigenvalue weighted by atomic mass is 10.1. The summed E-state index contributed by atoms with van der Waals surface area (Å²) in [6.45, 7) is 0. The van der Waals surface area contributed by atoms with Crippen LogP contribution < -0.4 is 0 Å². The van der Waals surface area contributed by atoms with Crippen LogP contribution in [-0.4, -0.2) is 76.4 Å². The van der Waals surface area contributed by atoms with E-state index in [1.54, 1.807) is 9.13 Å². The molecule has 0 unspecified atom stereocenters. The number of benzene rings is 18. The highest BCUT2D eigenvalue weighted by atomic mass is 15.1. The summed E-state index contributed by atoms with van der Waals surface area (Å²) in [7, 11) is 0. The highest BCUT2D eigenvalue weighted by molar-refractivity contribution is 6.19. The van der Waals surface area contributed by atoms with Gasteiger partial charge in [0.25, 0.3) is 0 Å². The van der Waals surface area contributed by atoms with Gasteiger partial charge in [0.15, 0.2) is 47.3 Å². The first-order chi connectivity index (χ1) is 71.3. The van der Waals surface area contributed by atoms with Crippen molar-refractivity contribution in [1.29, 1.82) is 10.5 Å². The summed E-state index contributed by atoms with van der Waals surface area (Å²) in [6.07, 6.45) is 12.3. The van der Waals surface area contributed by atoms with Crippen molar-refractivity contribution in [2.24, 2.45) is 0 Å². The van der Waals surface area contributed by atoms with E-state index in [9.17, 15) is 10.5 Å². The monoisotopic (exact) mass is 1840 g/mol. The molecule has 0 atom stereocenters. The van der Waals surface area contributed by atoms with Gasteiger partial charge in [0, 0.05) is 178 Å². The van der Waals surface area contributed by atoms with Gasteiger partial charge in [-0.15, -0.1) is 0 Å². The van der Waals surface area contributed by atoms with Gasteiger partial charge in [-0.3, -0.25) is 9.97 Å². The molecule has 0 aliphatic carbocycles. The van der Waals surface area contributed by atoms with Gasteiger partial charge >= 0.3 is 0 Å². The molecular formula is C126H74N18. The summed E-state index contributed by atoms with van der Waals surface area (Å²) in [5.74, 6) is 3.30. The molecule has 18 nitrogen and oxygen atoms in total. The van der Waals surface area contributed by atoms with Crippen molar-refractivity contribution >= 4 is 174 Å². The molecule has 30 rings (SSSR count). The fourth-order valence-electron chi connectivity index (χ4n) is 22.4. The van der Waals surface area contributed by atoms with Crippen molar-refractivity contribution < 1.29 is 0 Å². The summed E-state index contributed by atoms with van der Waals surface area (Å²) >= 11 is 0. The average Bonchev–Trinajstić information content (AvgIpc) is 1.58. The molecule has 0 fully saturated rings. The normalized spacial score (nSPS) is 11.9. The van der Waals surface area contributed by atoms with E-state index in [-0.39, 0.29) is 0 Å². The van der Waals surface area contributed by atoms with Crippen LogP contribution in [0.5, 0.6) is 0 Å². The standard InChI is InChI=1S/C67H41N9.C59H33N9/c1-2-12-42(13-3-1)65-70-66(43-22-26-61-53(38-43)55-40-47(24-28-63(55)73(61)45-30-34-68-35-31-45)75-57-18-8-4-14-49(57)50-15-5-9-19-58(50)75)72-67(71-65)44-23-27-62-54(39-44)56-41-48(25-29-64(56)74(62)46-32-36-69-37-33-46)76-59-20-10-6-16-51(59)52-17-7-11-21-60(52)76;60-34-65-49-26-22-37(30-45(49)47-32-39(24-28-51(47)65)67-53-18-8-4-14-41(53)42-15-5-9-19-54(42)67)58-62-57(36-12-2-1-3-13-36)63-59(64-58)38-23-27-50-46(31-38)48-33-40(25-29-52(48)66(50)35-61)68-55-20-10-6-16-43(55)44-17-7-11-21-56(44)68/h1-41H;1-33H. The van der Waals surface area contributed by atoms with Crippen molar-refractivity contribution in [1.82, 2.24) is 76.4 Å². The second-order valence-electron chi connectivity index (χ2n) is 36.5. The Kier molecular flexibility index (Phi) is 18.1. The summed E-state index contributed by atoms with van der Waals surface area (Å²) in [5, 5.41) is 38.8. The minimum atomic E-state index is 0.500. The Morgan fingerprint density at radius 2 is 0.326 bits per heavy atom. The minimum absolute atomic E-state index is 0.500. The van der Waals surface area contributed by atoms with Crippen molar-refractivity contribution in [3.8, 4) is 115 Å². The second kappa shape index (κ2) is 32.1. The SMILES string of the molecule is N#Cn1c2ccc(-c3nc(-c4ccccc4)nc(-c4ccc5c(c4)c4cc(-n6c7ccccc7c7ccccc76)ccc4n5C#N)n3)cc2c2cc(-n3c4ccccc4c4ccccc43)ccc21.c1ccc(-c2nc(-c3ccc4c(c3)c3cc(-n5c6ccccc6c6ccccc65)ccc3n4-c3ccncc3)nc(-c3ccc4c(c3)c3cc(-n5c6ccccc6c6ccccc65)ccc3n4-c3ccncc3)n2)cc1. The molecule has 0 radical (unpaired) electrons. The van der Waals surface area contributed by atoms with Gasteiger partial charge in [-0.2, -0.15) is 10.5 Å². The summed E-state index contributed by atoms with van der Waals surface area (Å²) < 4.78 is 17.4. The van der Waals surface area contributed by atoms with Gasteiger partial charge in [0.05, 0.1) is 88.3 Å². The molecule has 0 N–H and O–H groups in total. The maximum absolute atomic E-state index is 10.5. The Balaban J connectivity index is 0.000000138. The Bertz CT molecular complexity index is 9960. The van der Waals surface area contributed by atoms with E-state index in [4.69, 9.17) is 29.9 Å². The van der Waals surface area contributed by atoms with Crippen molar-refractivity contribution in [3.63, 3.8) is 0 Å². The Hall–Kier alpha value is -20.3. The fraction of sp³-hybridized carbons (Fsp3) is 0. The third-order valence-corrected chi connectivity index (χ3v) is 28.8. The average molecular weight is 1840 g/mol. The number of nitrogens with zero attached hydrogens (tertiary/aromatic N) is 18. The zero-order valence-corrected chi connectivity index (χ0v) is 76.8. The molecule has 0 spiro atoms. The topological polar surface area (TPSA) is 190 Å². The van der Waals surface area contributed by atoms with Crippen LogP contribution in [0.15, 0.2) is 449 Å². The van der Waals surface area contributed by atoms with Crippen LogP contribution in [-0.2, 0) is 0 Å². The highest BCUT2D eigenvalue weighted by Gasteiger charge is 2.27. The number of hydrogen-bond acceptors (Lipinski definition) is 10. The van der Waals surface area contributed by atoms with E-state index in [0.717, 1.165) is 199 Å². The minimum Gasteiger partial charge on any atom is -0.309 e. The lowest BCUT2D eigenvalue weighted by Crippen LogP contribution is -2.00. The van der Waals surface area contributed by atoms with Crippen LogP contribution in [0.3, 0.4) is 0 Å². The third kappa shape index (κ3) is 12.6. The molecule has 0 aliphatic heterocycles. The van der Waals surface area contributed by atoms with Gasteiger partial charge < -0.3 is 27.4 Å². The molecule has 0 amide bonds. The maximum Gasteiger partial charge on any atom is 0.189 e. The van der Waals surface area contributed by atoms with E-state index in [1.165, 1.54) is 43.1 Å². The number of nitriles is 2. The zero-order chi connectivity index (χ0) is 94.9. The molecule has 668 valence electrons. The largest absolute Gasteiger partial charge is 0.309 e. The van der Waals surface area contributed by atoms with Crippen LogP contribution in [0.2, 0.25) is 0 Å².